The summed E-state index contributed by atoms with van der Waals surface area (Å²) in [7, 11) is 0. The highest BCUT2D eigenvalue weighted by atomic mass is 35.5. The summed E-state index contributed by atoms with van der Waals surface area (Å²) >= 11 is 12.6. The lowest BCUT2D eigenvalue weighted by Crippen LogP contribution is -2.46. The minimum atomic E-state index is -0.992. The quantitative estimate of drug-likeness (QED) is 0.379. The van der Waals surface area contributed by atoms with E-state index in [0.717, 1.165) is 43.6 Å². The molecular weight excluding hydrogens is 511 g/mol. The molecule has 0 atom stereocenters. The summed E-state index contributed by atoms with van der Waals surface area (Å²) in [4.78, 5) is 27.8. The first-order valence-corrected chi connectivity index (χ1v) is 13.0. The average molecular weight is 539 g/mol. The van der Waals surface area contributed by atoms with Crippen molar-refractivity contribution in [3.8, 4) is 11.1 Å². The van der Waals surface area contributed by atoms with Gasteiger partial charge >= 0.3 is 12.1 Å². The highest BCUT2D eigenvalue weighted by molar-refractivity contribution is 6.36. The third-order valence-corrected chi connectivity index (χ3v) is 7.91. The second-order valence-corrected chi connectivity index (χ2v) is 10.8. The molecule has 0 radical (unpaired) electrons. The van der Waals surface area contributed by atoms with Gasteiger partial charge in [-0.15, -0.1) is 0 Å². The van der Waals surface area contributed by atoms with E-state index >= 15 is 0 Å². The zero-order valence-electron chi connectivity index (χ0n) is 20.8. The minimum absolute atomic E-state index is 0.189. The first-order valence-electron chi connectivity index (χ1n) is 12.3. The van der Waals surface area contributed by atoms with Crippen molar-refractivity contribution in [2.75, 3.05) is 24.5 Å². The summed E-state index contributed by atoms with van der Waals surface area (Å²) < 4.78 is 5.88. The SMILES string of the molecule is Cc1cc(CN2CCC3(CC2)CN(c2ccc(C(=O)O)cc2)C(=O)O3)cc(C)c1-c1ccc(Cl)cc1Cl. The van der Waals surface area contributed by atoms with Crippen LogP contribution in [0.5, 0.6) is 0 Å². The highest BCUT2D eigenvalue weighted by Crippen LogP contribution is 2.38. The summed E-state index contributed by atoms with van der Waals surface area (Å²) in [5, 5.41) is 10.4. The maximum atomic E-state index is 12.7. The molecule has 2 aliphatic rings. The van der Waals surface area contributed by atoms with Crippen molar-refractivity contribution in [2.24, 2.45) is 0 Å². The van der Waals surface area contributed by atoms with Gasteiger partial charge in [0.2, 0.25) is 0 Å². The van der Waals surface area contributed by atoms with E-state index < -0.39 is 11.6 Å². The van der Waals surface area contributed by atoms with E-state index in [1.165, 1.54) is 28.8 Å². The molecule has 1 spiro atoms. The largest absolute Gasteiger partial charge is 0.478 e. The minimum Gasteiger partial charge on any atom is -0.478 e. The average Bonchev–Trinajstić information content (AvgIpc) is 3.17. The number of aromatic carboxylic acids is 1. The molecule has 1 amide bonds. The van der Waals surface area contributed by atoms with E-state index in [4.69, 9.17) is 33.0 Å². The number of amides is 1. The Bertz CT molecular complexity index is 1340. The number of piperidine rings is 1. The fraction of sp³-hybridized carbons (Fsp3) is 0.310. The zero-order chi connectivity index (χ0) is 26.3. The molecule has 5 rings (SSSR count). The molecule has 37 heavy (non-hydrogen) atoms. The van der Waals surface area contributed by atoms with Gasteiger partial charge in [-0.05, 0) is 72.5 Å². The fourth-order valence-electron chi connectivity index (χ4n) is 5.50. The third-order valence-electron chi connectivity index (χ3n) is 7.36. The van der Waals surface area contributed by atoms with Gasteiger partial charge < -0.3 is 9.84 Å². The number of carboxylic acids is 1. The number of carbonyl (C=O) groups excluding carboxylic acids is 1. The van der Waals surface area contributed by atoms with Crippen LogP contribution in [0.25, 0.3) is 11.1 Å². The second kappa shape index (κ2) is 10.0. The van der Waals surface area contributed by atoms with Gasteiger partial charge in [-0.3, -0.25) is 9.80 Å². The molecule has 0 bridgehead atoms. The Morgan fingerprint density at radius 3 is 2.24 bits per heavy atom. The van der Waals surface area contributed by atoms with Crippen LogP contribution in [-0.4, -0.2) is 47.3 Å². The normalized spacial score (nSPS) is 17.3. The van der Waals surface area contributed by atoms with Crippen LogP contribution < -0.4 is 4.90 Å². The Morgan fingerprint density at radius 2 is 1.65 bits per heavy atom. The van der Waals surface area contributed by atoms with Crippen LogP contribution in [0.15, 0.2) is 54.6 Å². The standard InChI is InChI=1S/C29H28Cl2N2O4/c1-18-13-20(14-19(2)26(18)24-8-5-22(30)15-25(24)31)16-32-11-9-29(10-12-32)17-33(28(36)37-29)23-6-3-21(4-7-23)27(34)35/h3-8,13-15H,9-12,16-17H2,1-2H3,(H,34,35). The summed E-state index contributed by atoms with van der Waals surface area (Å²) in [5.74, 6) is -0.992. The Hall–Kier alpha value is -3.06. The molecule has 3 aromatic carbocycles. The smallest absolute Gasteiger partial charge is 0.415 e. The lowest BCUT2D eigenvalue weighted by atomic mass is 9.90. The van der Waals surface area contributed by atoms with E-state index in [-0.39, 0.29) is 11.7 Å². The number of benzene rings is 3. The summed E-state index contributed by atoms with van der Waals surface area (Å²) in [5.41, 5.74) is 6.03. The van der Waals surface area contributed by atoms with Crippen LogP contribution in [0, 0.1) is 13.8 Å². The number of likely N-dealkylation sites (tertiary alicyclic amines) is 1. The summed E-state index contributed by atoms with van der Waals surface area (Å²) in [6.45, 7) is 7.15. The molecule has 3 aromatic rings. The van der Waals surface area contributed by atoms with Crippen molar-refractivity contribution in [1.29, 1.82) is 0 Å². The van der Waals surface area contributed by atoms with Crippen molar-refractivity contribution in [3.63, 3.8) is 0 Å². The Morgan fingerprint density at radius 1 is 1.00 bits per heavy atom. The van der Waals surface area contributed by atoms with Gasteiger partial charge in [0.1, 0.15) is 5.60 Å². The lowest BCUT2D eigenvalue weighted by Gasteiger charge is -2.37. The maximum Gasteiger partial charge on any atom is 0.415 e. The van der Waals surface area contributed by atoms with Crippen LogP contribution in [-0.2, 0) is 11.3 Å². The van der Waals surface area contributed by atoms with Gasteiger partial charge in [0, 0.05) is 53.8 Å². The van der Waals surface area contributed by atoms with E-state index in [1.54, 1.807) is 23.1 Å². The van der Waals surface area contributed by atoms with E-state index in [1.807, 2.05) is 12.1 Å². The van der Waals surface area contributed by atoms with Gasteiger partial charge in [0.05, 0.1) is 12.1 Å². The molecule has 0 unspecified atom stereocenters. The number of carboxylic acid groups (broad SMARTS) is 1. The molecule has 0 saturated carbocycles. The van der Waals surface area contributed by atoms with Crippen molar-refractivity contribution in [2.45, 2.75) is 38.8 Å². The Labute approximate surface area is 226 Å². The van der Waals surface area contributed by atoms with Gasteiger partial charge in [0.25, 0.3) is 0 Å². The molecule has 6 nitrogen and oxygen atoms in total. The van der Waals surface area contributed by atoms with Gasteiger partial charge in [-0.2, -0.15) is 0 Å². The van der Waals surface area contributed by atoms with Crippen molar-refractivity contribution in [1.82, 2.24) is 4.90 Å². The zero-order valence-corrected chi connectivity index (χ0v) is 22.3. The molecule has 0 aromatic heterocycles. The molecule has 8 heteroatoms. The van der Waals surface area contributed by atoms with Crippen LogP contribution in [0.4, 0.5) is 10.5 Å². The van der Waals surface area contributed by atoms with Crippen molar-refractivity contribution >= 4 is 41.0 Å². The monoisotopic (exact) mass is 538 g/mol. The number of halogens is 2. The maximum absolute atomic E-state index is 12.7. The number of hydrogen-bond acceptors (Lipinski definition) is 4. The Balaban J connectivity index is 1.24. The summed E-state index contributed by atoms with van der Waals surface area (Å²) in [6.07, 6.45) is 1.12. The number of anilines is 1. The van der Waals surface area contributed by atoms with Crippen LogP contribution in [0.1, 0.15) is 39.9 Å². The van der Waals surface area contributed by atoms with Gasteiger partial charge in [-0.25, -0.2) is 9.59 Å². The van der Waals surface area contributed by atoms with Crippen LogP contribution in [0.3, 0.4) is 0 Å². The van der Waals surface area contributed by atoms with E-state index in [9.17, 15) is 9.59 Å². The molecule has 2 saturated heterocycles. The number of ether oxygens (including phenoxy) is 1. The highest BCUT2D eigenvalue weighted by Gasteiger charge is 2.47. The van der Waals surface area contributed by atoms with Crippen LogP contribution in [0.2, 0.25) is 10.0 Å². The number of aryl methyl sites for hydroxylation is 2. The summed E-state index contributed by atoms with van der Waals surface area (Å²) in [6, 6.07) is 16.4. The predicted octanol–water partition coefficient (Wildman–Crippen LogP) is 6.97. The van der Waals surface area contributed by atoms with Gasteiger partial charge in [0.15, 0.2) is 0 Å². The number of carbonyl (C=O) groups is 2. The predicted molar refractivity (Wildman–Crippen MR) is 146 cm³/mol. The molecule has 2 aliphatic heterocycles. The molecule has 1 N–H and O–H groups in total. The fourth-order valence-corrected chi connectivity index (χ4v) is 6.01. The molecular formula is C29H28Cl2N2O4. The van der Waals surface area contributed by atoms with Crippen LogP contribution >= 0.6 is 23.2 Å². The molecule has 2 fully saturated rings. The first-order chi connectivity index (χ1) is 17.6. The Kier molecular flexibility index (Phi) is 6.92. The molecule has 0 aliphatic carbocycles. The van der Waals surface area contributed by atoms with Crippen molar-refractivity contribution < 1.29 is 19.4 Å². The lowest BCUT2D eigenvalue weighted by molar-refractivity contribution is -0.000986. The third kappa shape index (κ3) is 5.19. The van der Waals surface area contributed by atoms with E-state index in [0.29, 0.717) is 22.3 Å². The first kappa shape index (κ1) is 25.6. The van der Waals surface area contributed by atoms with Crippen molar-refractivity contribution in [3.05, 3.63) is 86.9 Å². The van der Waals surface area contributed by atoms with Gasteiger partial charge in [-0.1, -0.05) is 41.4 Å². The van der Waals surface area contributed by atoms with E-state index in [2.05, 4.69) is 30.9 Å². The number of hydrogen-bond donors (Lipinski definition) is 1. The number of rotatable bonds is 5. The molecule has 192 valence electrons. The molecule has 2 heterocycles. The topological polar surface area (TPSA) is 70.1 Å². The number of nitrogens with zero attached hydrogens (tertiary/aromatic N) is 2. The second-order valence-electron chi connectivity index (χ2n) is 9.99.